The van der Waals surface area contributed by atoms with Crippen LogP contribution in [0, 0.1) is 0 Å². The minimum Gasteiger partial charge on any atom is -0.0770 e. The summed E-state index contributed by atoms with van der Waals surface area (Å²) in [7, 11) is 0. The van der Waals surface area contributed by atoms with Crippen molar-refractivity contribution in [2.75, 3.05) is 0 Å². The number of rotatable bonds is 3. The molecular formula is C34H38. The molecule has 0 bridgehead atoms. The minimum absolute atomic E-state index is 0.311. The summed E-state index contributed by atoms with van der Waals surface area (Å²) in [6.45, 7) is 0. The molecule has 2 spiro atoms. The standard InChI is InChI=1S/C34H38/c1-5-17-33(18-6-1)21-22-34(19-7-2-8-20-34)32-24-30-27(15-16-28(30)23-31(32)33)14-13-26-12-11-25-9-3-4-10-29(25)26/h3-4,9-12,15-16,21-24,26-27H,1-2,5-8,13-14,17-20H2. The highest BCUT2D eigenvalue weighted by atomic mass is 14.5. The average molecular weight is 447 g/mol. The van der Waals surface area contributed by atoms with Gasteiger partial charge in [-0.25, -0.2) is 0 Å². The van der Waals surface area contributed by atoms with Gasteiger partial charge in [0.05, 0.1) is 0 Å². The lowest BCUT2D eigenvalue weighted by molar-refractivity contribution is 0.305. The maximum absolute atomic E-state index is 2.72. The van der Waals surface area contributed by atoms with Crippen LogP contribution in [0.3, 0.4) is 0 Å². The Morgan fingerprint density at radius 3 is 1.82 bits per heavy atom. The molecule has 2 unspecified atom stereocenters. The Hall–Kier alpha value is -2.34. The van der Waals surface area contributed by atoms with E-state index in [2.05, 4.69) is 72.9 Å². The van der Waals surface area contributed by atoms with Gasteiger partial charge in [0.2, 0.25) is 0 Å². The van der Waals surface area contributed by atoms with E-state index in [1.54, 1.807) is 16.7 Å². The molecule has 0 nitrogen and oxygen atoms in total. The maximum Gasteiger partial charge on any atom is 0.0135 e. The summed E-state index contributed by atoms with van der Waals surface area (Å²) in [5, 5.41) is 0. The van der Waals surface area contributed by atoms with Gasteiger partial charge in [-0.15, -0.1) is 0 Å². The Balaban J connectivity index is 1.22. The molecule has 0 heterocycles. The van der Waals surface area contributed by atoms with Gasteiger partial charge in [-0.3, -0.25) is 0 Å². The van der Waals surface area contributed by atoms with E-state index in [-0.39, 0.29) is 0 Å². The van der Waals surface area contributed by atoms with Crippen LogP contribution < -0.4 is 0 Å². The maximum atomic E-state index is 2.72. The predicted octanol–water partition coefficient (Wildman–Crippen LogP) is 9.36. The summed E-state index contributed by atoms with van der Waals surface area (Å²) < 4.78 is 0. The summed E-state index contributed by atoms with van der Waals surface area (Å²) in [5.41, 5.74) is 10.2. The predicted molar refractivity (Wildman–Crippen MR) is 144 cm³/mol. The zero-order valence-electron chi connectivity index (χ0n) is 20.6. The molecule has 0 aliphatic heterocycles. The third kappa shape index (κ3) is 3.24. The topological polar surface area (TPSA) is 0 Å². The van der Waals surface area contributed by atoms with Crippen LogP contribution in [0.4, 0.5) is 0 Å². The van der Waals surface area contributed by atoms with E-state index >= 15 is 0 Å². The second kappa shape index (κ2) is 8.11. The molecule has 2 saturated carbocycles. The molecule has 5 aliphatic carbocycles. The van der Waals surface area contributed by atoms with Crippen molar-refractivity contribution in [3.8, 4) is 0 Å². The van der Waals surface area contributed by atoms with Gasteiger partial charge in [0.25, 0.3) is 0 Å². The molecule has 0 saturated heterocycles. The van der Waals surface area contributed by atoms with Gasteiger partial charge in [0.15, 0.2) is 0 Å². The normalized spacial score (nSPS) is 27.2. The fourth-order valence-electron chi connectivity index (χ4n) is 8.17. The molecule has 5 aliphatic rings. The van der Waals surface area contributed by atoms with E-state index in [0.717, 1.165) is 0 Å². The van der Waals surface area contributed by atoms with Crippen molar-refractivity contribution in [3.63, 3.8) is 0 Å². The number of benzene rings is 2. The first-order valence-corrected chi connectivity index (χ1v) is 14.1. The summed E-state index contributed by atoms with van der Waals surface area (Å²) in [4.78, 5) is 0. The van der Waals surface area contributed by atoms with Crippen molar-refractivity contribution in [1.82, 2.24) is 0 Å². The third-order valence-electron chi connectivity index (χ3n) is 10.1. The molecule has 0 N–H and O–H groups in total. The first kappa shape index (κ1) is 21.0. The van der Waals surface area contributed by atoms with E-state index < -0.39 is 0 Å². The molecule has 7 rings (SSSR count). The van der Waals surface area contributed by atoms with Crippen molar-refractivity contribution in [3.05, 3.63) is 94.1 Å². The van der Waals surface area contributed by atoms with E-state index in [1.165, 1.54) is 93.7 Å². The molecule has 2 aromatic carbocycles. The molecule has 2 atom stereocenters. The Kier molecular flexibility index (Phi) is 5.01. The molecule has 174 valence electrons. The smallest absolute Gasteiger partial charge is 0.0135 e. The van der Waals surface area contributed by atoms with Crippen LogP contribution in [-0.2, 0) is 10.8 Å². The lowest BCUT2D eigenvalue weighted by atomic mass is 9.56. The van der Waals surface area contributed by atoms with Crippen molar-refractivity contribution in [1.29, 1.82) is 0 Å². The first-order chi connectivity index (χ1) is 16.8. The Morgan fingerprint density at radius 1 is 0.588 bits per heavy atom. The van der Waals surface area contributed by atoms with Crippen molar-refractivity contribution >= 4 is 12.2 Å². The van der Waals surface area contributed by atoms with Gasteiger partial charge in [-0.2, -0.15) is 0 Å². The van der Waals surface area contributed by atoms with E-state index in [9.17, 15) is 0 Å². The van der Waals surface area contributed by atoms with E-state index in [0.29, 0.717) is 22.7 Å². The fourth-order valence-corrected chi connectivity index (χ4v) is 8.17. The average Bonchev–Trinajstić information content (AvgIpc) is 3.49. The van der Waals surface area contributed by atoms with Gasteiger partial charge >= 0.3 is 0 Å². The van der Waals surface area contributed by atoms with Crippen LogP contribution >= 0.6 is 0 Å². The summed E-state index contributed by atoms with van der Waals surface area (Å²) in [6.07, 6.45) is 31.5. The number of allylic oxidation sites excluding steroid dienone is 4. The quantitative estimate of drug-likeness (QED) is 0.412. The second-order valence-corrected chi connectivity index (χ2v) is 11.9. The van der Waals surface area contributed by atoms with E-state index in [4.69, 9.17) is 0 Å². The first-order valence-electron chi connectivity index (χ1n) is 14.1. The molecular weight excluding hydrogens is 408 g/mol. The second-order valence-electron chi connectivity index (χ2n) is 11.9. The molecule has 0 radical (unpaired) electrons. The molecule has 0 aromatic heterocycles. The van der Waals surface area contributed by atoms with Crippen LogP contribution in [0.25, 0.3) is 12.2 Å². The van der Waals surface area contributed by atoms with Crippen molar-refractivity contribution in [2.24, 2.45) is 0 Å². The minimum atomic E-state index is 0.311. The van der Waals surface area contributed by atoms with Crippen molar-refractivity contribution < 1.29 is 0 Å². The van der Waals surface area contributed by atoms with Crippen LogP contribution in [0.5, 0.6) is 0 Å². The number of hydrogen-bond acceptors (Lipinski definition) is 0. The van der Waals surface area contributed by atoms with Crippen molar-refractivity contribution in [2.45, 2.75) is 99.7 Å². The highest BCUT2D eigenvalue weighted by molar-refractivity contribution is 5.68. The van der Waals surface area contributed by atoms with Gasteiger partial charge in [-0.05, 0) is 71.9 Å². The molecule has 0 amide bonds. The lowest BCUT2D eigenvalue weighted by Gasteiger charge is -2.47. The number of hydrogen-bond donors (Lipinski definition) is 0. The Labute approximate surface area is 205 Å². The van der Waals surface area contributed by atoms with Gasteiger partial charge in [0, 0.05) is 22.7 Å². The summed E-state index contributed by atoms with van der Waals surface area (Å²) in [6, 6.07) is 14.3. The van der Waals surface area contributed by atoms with Crippen LogP contribution in [0.1, 0.15) is 122 Å². The van der Waals surface area contributed by atoms with Crippen LogP contribution in [0.2, 0.25) is 0 Å². The molecule has 2 aromatic rings. The van der Waals surface area contributed by atoms with Crippen LogP contribution in [0.15, 0.2) is 60.7 Å². The highest BCUT2D eigenvalue weighted by Gasteiger charge is 2.44. The number of fused-ring (bicyclic) bond motifs is 5. The fraction of sp³-hybridized carbons (Fsp3) is 0.471. The third-order valence-corrected chi connectivity index (χ3v) is 10.1. The van der Waals surface area contributed by atoms with E-state index in [1.807, 2.05) is 0 Å². The molecule has 34 heavy (non-hydrogen) atoms. The summed E-state index contributed by atoms with van der Waals surface area (Å²) in [5.74, 6) is 1.17. The Bertz CT molecular complexity index is 1180. The molecule has 0 heteroatoms. The van der Waals surface area contributed by atoms with Gasteiger partial charge in [-0.1, -0.05) is 111 Å². The van der Waals surface area contributed by atoms with Gasteiger partial charge < -0.3 is 0 Å². The zero-order chi connectivity index (χ0) is 22.6. The monoisotopic (exact) mass is 446 g/mol. The zero-order valence-corrected chi connectivity index (χ0v) is 20.6. The SMILES string of the molecule is C1=CC(CCC2C=Cc3cc4c(cc32)C2(C=CC43CCCCC3)CCCCC2)c2ccccc21. The molecule has 2 fully saturated rings. The summed E-state index contributed by atoms with van der Waals surface area (Å²) >= 11 is 0. The van der Waals surface area contributed by atoms with Crippen LogP contribution in [-0.4, -0.2) is 0 Å². The Morgan fingerprint density at radius 2 is 1.15 bits per heavy atom. The lowest BCUT2D eigenvalue weighted by Crippen LogP contribution is -2.39. The van der Waals surface area contributed by atoms with Gasteiger partial charge in [0.1, 0.15) is 0 Å². The highest BCUT2D eigenvalue weighted by Crippen LogP contribution is 2.55. The largest absolute Gasteiger partial charge is 0.0770 e.